The highest BCUT2D eigenvalue weighted by Gasteiger charge is 2.20. The zero-order chi connectivity index (χ0) is 22.5. The van der Waals surface area contributed by atoms with Crippen molar-refractivity contribution in [2.75, 3.05) is 19.5 Å². The summed E-state index contributed by atoms with van der Waals surface area (Å²) in [4.78, 5) is 17.0. The number of hydrogen-bond acceptors (Lipinski definition) is 5. The number of ether oxygens (including phenoxy) is 2. The zero-order valence-corrected chi connectivity index (χ0v) is 17.6. The lowest BCUT2D eigenvalue weighted by Crippen LogP contribution is -2.16. The van der Waals surface area contributed by atoms with Crippen LogP contribution in [0.3, 0.4) is 0 Å². The molecule has 4 aromatic rings. The molecule has 0 unspecified atom stereocenters. The van der Waals surface area contributed by atoms with E-state index in [1.165, 1.54) is 19.2 Å². The quantitative estimate of drug-likeness (QED) is 0.450. The summed E-state index contributed by atoms with van der Waals surface area (Å²) < 4.78 is 24.1. The van der Waals surface area contributed by atoms with Gasteiger partial charge in [0.2, 0.25) is 5.91 Å². The number of hydrogen-bond donors (Lipinski definition) is 2. The number of rotatable bonds is 7. The lowest BCUT2D eigenvalue weighted by molar-refractivity contribution is -0.115. The van der Waals surface area contributed by atoms with E-state index in [2.05, 4.69) is 20.5 Å². The van der Waals surface area contributed by atoms with Gasteiger partial charge in [-0.1, -0.05) is 12.1 Å². The van der Waals surface area contributed by atoms with Gasteiger partial charge in [-0.05, 0) is 48.0 Å². The zero-order valence-electron chi connectivity index (χ0n) is 17.6. The summed E-state index contributed by atoms with van der Waals surface area (Å²) in [7, 11) is 3.08. The van der Waals surface area contributed by atoms with E-state index < -0.39 is 0 Å². The first kappa shape index (κ1) is 21.0. The lowest BCUT2D eigenvalue weighted by atomic mass is 10.0. The normalized spacial score (nSPS) is 10.6. The fourth-order valence-electron chi connectivity index (χ4n) is 3.50. The minimum atomic E-state index is -0.334. The first-order chi connectivity index (χ1) is 15.6. The van der Waals surface area contributed by atoms with Crippen LogP contribution in [0.5, 0.6) is 11.5 Å². The molecule has 2 N–H and O–H groups in total. The number of halogens is 1. The molecule has 0 aliphatic heterocycles. The molecule has 0 aliphatic carbocycles. The molecule has 0 spiro atoms. The summed E-state index contributed by atoms with van der Waals surface area (Å²) in [5.41, 5.74) is 3.57. The first-order valence-corrected chi connectivity index (χ1v) is 9.85. The molecule has 0 saturated carbocycles. The Bertz CT molecular complexity index is 1220. The molecule has 0 radical (unpaired) electrons. The third-order valence-electron chi connectivity index (χ3n) is 4.96. The largest absolute Gasteiger partial charge is 0.493 e. The van der Waals surface area contributed by atoms with E-state index in [9.17, 15) is 9.18 Å². The maximum atomic E-state index is 13.4. The van der Waals surface area contributed by atoms with Crippen LogP contribution in [0.4, 0.5) is 10.2 Å². The number of pyridine rings is 1. The molecule has 2 heterocycles. The third-order valence-corrected chi connectivity index (χ3v) is 4.96. The molecule has 0 atom stereocenters. The molecule has 0 saturated heterocycles. The average molecular weight is 432 g/mol. The minimum absolute atomic E-state index is 0.0644. The van der Waals surface area contributed by atoms with Gasteiger partial charge in [-0.25, -0.2) is 4.39 Å². The Balaban J connectivity index is 1.67. The third kappa shape index (κ3) is 4.29. The highest BCUT2D eigenvalue weighted by atomic mass is 19.1. The van der Waals surface area contributed by atoms with E-state index >= 15 is 0 Å². The van der Waals surface area contributed by atoms with Crippen LogP contribution < -0.4 is 14.8 Å². The van der Waals surface area contributed by atoms with Crippen LogP contribution in [0.25, 0.3) is 22.4 Å². The SMILES string of the molecule is COc1cccc(CC(=O)Nc2n[nH]c(-c3ccc(F)cc3)c2-c2ccncc2)c1OC. The standard InChI is InChI=1S/C24H21FN4O3/c1-31-19-5-3-4-17(23(19)32-2)14-20(30)27-24-21(15-10-12-26-13-11-15)22(28-29-24)16-6-8-18(25)9-7-16/h3-13H,14H2,1-2H3,(H2,27,28,29,30). The number of para-hydroxylation sites is 1. The molecule has 0 fully saturated rings. The molecule has 32 heavy (non-hydrogen) atoms. The molecule has 1 amide bonds. The maximum absolute atomic E-state index is 13.4. The Morgan fingerprint density at radius 3 is 2.44 bits per heavy atom. The summed E-state index contributed by atoms with van der Waals surface area (Å²) in [5.74, 6) is 0.813. The monoisotopic (exact) mass is 432 g/mol. The van der Waals surface area contributed by atoms with Crippen LogP contribution in [0.15, 0.2) is 67.0 Å². The summed E-state index contributed by atoms with van der Waals surface area (Å²) in [5, 5.41) is 10.2. The molecule has 4 rings (SSSR count). The van der Waals surface area contributed by atoms with Gasteiger partial charge >= 0.3 is 0 Å². The summed E-state index contributed by atoms with van der Waals surface area (Å²) in [6.07, 6.45) is 3.38. The van der Waals surface area contributed by atoms with Gasteiger partial charge < -0.3 is 14.8 Å². The van der Waals surface area contributed by atoms with E-state index in [0.717, 1.165) is 11.1 Å². The van der Waals surface area contributed by atoms with Gasteiger partial charge in [0, 0.05) is 23.5 Å². The number of anilines is 1. The van der Waals surface area contributed by atoms with Crippen LogP contribution in [0.1, 0.15) is 5.56 Å². The molecule has 8 heteroatoms. The van der Waals surface area contributed by atoms with Gasteiger partial charge in [0.05, 0.1) is 31.9 Å². The van der Waals surface area contributed by atoms with E-state index in [0.29, 0.717) is 34.1 Å². The van der Waals surface area contributed by atoms with Gasteiger partial charge in [0.1, 0.15) is 5.82 Å². The van der Waals surface area contributed by atoms with Gasteiger partial charge in [0.15, 0.2) is 17.3 Å². The predicted octanol–water partition coefficient (Wildman–Crippen LogP) is 4.48. The van der Waals surface area contributed by atoms with Crippen molar-refractivity contribution in [3.8, 4) is 33.9 Å². The fraction of sp³-hybridized carbons (Fsp3) is 0.125. The molecule has 0 bridgehead atoms. The van der Waals surface area contributed by atoms with Crippen molar-refractivity contribution in [1.29, 1.82) is 0 Å². The van der Waals surface area contributed by atoms with Crippen LogP contribution in [0, 0.1) is 5.82 Å². The fourth-order valence-corrected chi connectivity index (χ4v) is 3.50. The van der Waals surface area contributed by atoms with Crippen molar-refractivity contribution < 1.29 is 18.7 Å². The Labute approximate surface area is 184 Å². The number of aromatic amines is 1. The molecule has 162 valence electrons. The van der Waals surface area contributed by atoms with Gasteiger partial charge in [-0.3, -0.25) is 14.9 Å². The predicted molar refractivity (Wildman–Crippen MR) is 119 cm³/mol. The number of H-pyrrole nitrogens is 1. The van der Waals surface area contributed by atoms with Gasteiger partial charge in [0.25, 0.3) is 0 Å². The van der Waals surface area contributed by atoms with E-state index in [4.69, 9.17) is 9.47 Å². The average Bonchev–Trinajstić information content (AvgIpc) is 3.23. The second-order valence-corrected chi connectivity index (χ2v) is 6.94. The minimum Gasteiger partial charge on any atom is -0.493 e. The van der Waals surface area contributed by atoms with Crippen LogP contribution >= 0.6 is 0 Å². The van der Waals surface area contributed by atoms with Crippen molar-refractivity contribution in [3.63, 3.8) is 0 Å². The number of benzene rings is 2. The van der Waals surface area contributed by atoms with E-state index in [1.807, 2.05) is 12.1 Å². The highest BCUT2D eigenvalue weighted by Crippen LogP contribution is 2.36. The lowest BCUT2D eigenvalue weighted by Gasteiger charge is -2.12. The van der Waals surface area contributed by atoms with Crippen LogP contribution in [0.2, 0.25) is 0 Å². The second-order valence-electron chi connectivity index (χ2n) is 6.94. The smallest absolute Gasteiger partial charge is 0.230 e. The van der Waals surface area contributed by atoms with E-state index in [1.54, 1.807) is 49.8 Å². The Kier molecular flexibility index (Phi) is 6.12. The summed E-state index contributed by atoms with van der Waals surface area (Å²) in [6.45, 7) is 0. The van der Waals surface area contributed by atoms with Crippen molar-refractivity contribution in [2.45, 2.75) is 6.42 Å². The first-order valence-electron chi connectivity index (χ1n) is 9.85. The number of nitrogens with zero attached hydrogens (tertiary/aromatic N) is 2. The topological polar surface area (TPSA) is 89.1 Å². The van der Waals surface area contributed by atoms with E-state index in [-0.39, 0.29) is 18.1 Å². The van der Waals surface area contributed by atoms with Gasteiger partial charge in [-0.2, -0.15) is 5.10 Å². The highest BCUT2D eigenvalue weighted by molar-refractivity contribution is 5.98. The Hall–Kier alpha value is -4.20. The molecule has 0 aliphatic rings. The molecular weight excluding hydrogens is 411 g/mol. The van der Waals surface area contributed by atoms with Crippen molar-refractivity contribution >= 4 is 11.7 Å². The molecule has 2 aromatic carbocycles. The summed E-state index contributed by atoms with van der Waals surface area (Å²) in [6, 6.07) is 15.1. The number of methoxy groups -OCH3 is 2. The number of nitrogens with one attached hydrogen (secondary N) is 2. The Morgan fingerprint density at radius 1 is 1.00 bits per heavy atom. The second kappa shape index (κ2) is 9.30. The van der Waals surface area contributed by atoms with Crippen LogP contribution in [-0.2, 0) is 11.2 Å². The molecular formula is C24H21FN4O3. The van der Waals surface area contributed by atoms with Crippen molar-refractivity contribution in [1.82, 2.24) is 15.2 Å². The van der Waals surface area contributed by atoms with Crippen molar-refractivity contribution in [3.05, 3.63) is 78.4 Å². The maximum Gasteiger partial charge on any atom is 0.230 e. The summed E-state index contributed by atoms with van der Waals surface area (Å²) >= 11 is 0. The molecule has 2 aromatic heterocycles. The number of carbonyl (C=O) groups is 1. The number of amides is 1. The number of carbonyl (C=O) groups excluding carboxylic acids is 1. The van der Waals surface area contributed by atoms with Crippen LogP contribution in [-0.4, -0.2) is 35.3 Å². The van der Waals surface area contributed by atoms with Gasteiger partial charge in [-0.15, -0.1) is 0 Å². The molecule has 7 nitrogen and oxygen atoms in total. The van der Waals surface area contributed by atoms with Crippen molar-refractivity contribution in [2.24, 2.45) is 0 Å². The number of aromatic nitrogens is 3. The Morgan fingerprint density at radius 2 is 1.75 bits per heavy atom.